The van der Waals surface area contributed by atoms with Crippen molar-refractivity contribution in [1.82, 2.24) is 5.01 Å². The zero-order valence-electron chi connectivity index (χ0n) is 7.74. The SMILES string of the molecule is COC(=O)CCN1N=C(C)CC1=O. The van der Waals surface area contributed by atoms with Gasteiger partial charge in [0.15, 0.2) is 0 Å². The molecule has 0 radical (unpaired) electrons. The van der Waals surface area contributed by atoms with Crippen molar-refractivity contribution in [3.8, 4) is 0 Å². The van der Waals surface area contributed by atoms with Crippen molar-refractivity contribution < 1.29 is 14.3 Å². The lowest BCUT2D eigenvalue weighted by Gasteiger charge is -2.09. The van der Waals surface area contributed by atoms with Gasteiger partial charge in [-0.15, -0.1) is 0 Å². The van der Waals surface area contributed by atoms with Crippen molar-refractivity contribution in [2.45, 2.75) is 19.8 Å². The van der Waals surface area contributed by atoms with Crippen LogP contribution in [0.1, 0.15) is 19.8 Å². The third kappa shape index (κ3) is 2.54. The lowest BCUT2D eigenvalue weighted by Crippen LogP contribution is -2.24. The minimum Gasteiger partial charge on any atom is -0.469 e. The van der Waals surface area contributed by atoms with Gasteiger partial charge in [0.25, 0.3) is 0 Å². The van der Waals surface area contributed by atoms with E-state index in [0.717, 1.165) is 5.71 Å². The predicted octanol–water partition coefficient (Wildman–Crippen LogP) is 0.158. The Hall–Kier alpha value is -1.39. The number of hydrogen-bond donors (Lipinski definition) is 0. The van der Waals surface area contributed by atoms with Crippen LogP contribution in [0.3, 0.4) is 0 Å². The van der Waals surface area contributed by atoms with Crippen LogP contribution in [0.5, 0.6) is 0 Å². The number of nitrogens with zero attached hydrogens (tertiary/aromatic N) is 2. The molecule has 0 aromatic heterocycles. The highest BCUT2D eigenvalue weighted by atomic mass is 16.5. The van der Waals surface area contributed by atoms with Crippen molar-refractivity contribution in [3.63, 3.8) is 0 Å². The second-order valence-corrected chi connectivity index (χ2v) is 2.86. The molecule has 0 N–H and O–H groups in total. The van der Waals surface area contributed by atoms with E-state index in [9.17, 15) is 9.59 Å². The quantitative estimate of drug-likeness (QED) is 0.587. The summed E-state index contributed by atoms with van der Waals surface area (Å²) >= 11 is 0. The lowest BCUT2D eigenvalue weighted by molar-refractivity contribution is -0.141. The van der Waals surface area contributed by atoms with Crippen LogP contribution in [0.15, 0.2) is 5.10 Å². The van der Waals surface area contributed by atoms with E-state index < -0.39 is 0 Å². The fraction of sp³-hybridized carbons (Fsp3) is 0.625. The minimum atomic E-state index is -0.326. The molecule has 1 aliphatic heterocycles. The van der Waals surface area contributed by atoms with Gasteiger partial charge in [-0.3, -0.25) is 9.59 Å². The van der Waals surface area contributed by atoms with Crippen LogP contribution in [0.25, 0.3) is 0 Å². The van der Waals surface area contributed by atoms with Gasteiger partial charge in [0.05, 0.1) is 26.5 Å². The Morgan fingerprint density at radius 2 is 2.38 bits per heavy atom. The topological polar surface area (TPSA) is 59.0 Å². The Balaban J connectivity index is 2.37. The molecular weight excluding hydrogens is 172 g/mol. The molecule has 0 bridgehead atoms. The van der Waals surface area contributed by atoms with Gasteiger partial charge in [0.1, 0.15) is 0 Å². The molecule has 72 valence electrons. The Kier molecular flexibility index (Phi) is 3.00. The summed E-state index contributed by atoms with van der Waals surface area (Å²) in [6.45, 7) is 2.10. The summed E-state index contributed by atoms with van der Waals surface area (Å²) in [5, 5.41) is 5.28. The van der Waals surface area contributed by atoms with Crippen molar-refractivity contribution in [2.75, 3.05) is 13.7 Å². The van der Waals surface area contributed by atoms with Gasteiger partial charge in [0.2, 0.25) is 5.91 Å². The molecule has 0 unspecified atom stereocenters. The summed E-state index contributed by atoms with van der Waals surface area (Å²) < 4.78 is 4.45. The average Bonchev–Trinajstić information content (AvgIpc) is 2.41. The van der Waals surface area contributed by atoms with E-state index in [0.29, 0.717) is 13.0 Å². The fourth-order valence-corrected chi connectivity index (χ4v) is 1.08. The number of esters is 1. The average molecular weight is 184 g/mol. The Morgan fingerprint density at radius 3 is 2.85 bits per heavy atom. The van der Waals surface area contributed by atoms with Crippen LogP contribution in [-0.4, -0.2) is 36.3 Å². The third-order valence-corrected chi connectivity index (χ3v) is 1.74. The molecule has 0 aromatic rings. The molecule has 0 saturated carbocycles. The first-order chi connectivity index (χ1) is 6.13. The van der Waals surface area contributed by atoms with Gasteiger partial charge in [-0.1, -0.05) is 0 Å². The molecule has 0 fully saturated rings. The number of carbonyl (C=O) groups is 2. The van der Waals surface area contributed by atoms with Gasteiger partial charge in [0, 0.05) is 5.71 Å². The molecule has 0 aliphatic carbocycles. The largest absolute Gasteiger partial charge is 0.469 e. The highest BCUT2D eigenvalue weighted by Crippen LogP contribution is 2.08. The second-order valence-electron chi connectivity index (χ2n) is 2.86. The lowest BCUT2D eigenvalue weighted by atomic mass is 10.3. The zero-order chi connectivity index (χ0) is 9.84. The second kappa shape index (κ2) is 4.02. The molecule has 0 aromatic carbocycles. The van der Waals surface area contributed by atoms with Gasteiger partial charge in [-0.2, -0.15) is 5.10 Å². The fourth-order valence-electron chi connectivity index (χ4n) is 1.08. The molecular formula is C8H12N2O3. The van der Waals surface area contributed by atoms with E-state index in [1.165, 1.54) is 12.1 Å². The van der Waals surface area contributed by atoms with E-state index in [2.05, 4.69) is 9.84 Å². The monoisotopic (exact) mass is 184 g/mol. The van der Waals surface area contributed by atoms with Crippen molar-refractivity contribution in [3.05, 3.63) is 0 Å². The van der Waals surface area contributed by atoms with Crippen LogP contribution >= 0.6 is 0 Å². The molecule has 1 heterocycles. The number of methoxy groups -OCH3 is 1. The highest BCUT2D eigenvalue weighted by molar-refractivity contribution is 6.03. The van der Waals surface area contributed by atoms with E-state index in [1.807, 2.05) is 0 Å². The highest BCUT2D eigenvalue weighted by Gasteiger charge is 2.21. The van der Waals surface area contributed by atoms with Gasteiger partial charge >= 0.3 is 5.97 Å². The number of rotatable bonds is 3. The number of ether oxygens (including phenoxy) is 1. The first-order valence-electron chi connectivity index (χ1n) is 4.04. The number of carbonyl (C=O) groups excluding carboxylic acids is 2. The summed E-state index contributed by atoms with van der Waals surface area (Å²) in [6, 6.07) is 0. The van der Waals surface area contributed by atoms with E-state index >= 15 is 0 Å². The molecule has 1 amide bonds. The summed E-state index contributed by atoms with van der Waals surface area (Å²) in [5.74, 6) is -0.381. The third-order valence-electron chi connectivity index (χ3n) is 1.74. The van der Waals surface area contributed by atoms with Crippen LogP contribution < -0.4 is 0 Å². The molecule has 1 rings (SSSR count). The zero-order valence-corrected chi connectivity index (χ0v) is 7.74. The molecule has 1 aliphatic rings. The first-order valence-corrected chi connectivity index (χ1v) is 4.04. The van der Waals surface area contributed by atoms with Crippen molar-refractivity contribution in [2.24, 2.45) is 5.10 Å². The summed E-state index contributed by atoms with van der Waals surface area (Å²) in [5.41, 5.74) is 0.787. The van der Waals surface area contributed by atoms with Crippen LogP contribution in [-0.2, 0) is 14.3 Å². The normalized spacial score (nSPS) is 16.0. The number of amides is 1. The van der Waals surface area contributed by atoms with Crippen LogP contribution in [0, 0.1) is 0 Å². The maximum absolute atomic E-state index is 11.1. The maximum Gasteiger partial charge on any atom is 0.307 e. The molecule has 5 heteroatoms. The molecule has 0 saturated heterocycles. The van der Waals surface area contributed by atoms with Crippen molar-refractivity contribution >= 4 is 17.6 Å². The van der Waals surface area contributed by atoms with E-state index in [1.54, 1.807) is 6.92 Å². The van der Waals surface area contributed by atoms with E-state index in [-0.39, 0.29) is 18.3 Å². The molecule has 0 spiro atoms. The Labute approximate surface area is 76.3 Å². The van der Waals surface area contributed by atoms with Crippen LogP contribution in [0.4, 0.5) is 0 Å². The van der Waals surface area contributed by atoms with Gasteiger partial charge in [-0.25, -0.2) is 5.01 Å². The molecule has 5 nitrogen and oxygen atoms in total. The van der Waals surface area contributed by atoms with Crippen molar-refractivity contribution in [1.29, 1.82) is 0 Å². The van der Waals surface area contributed by atoms with Gasteiger partial charge < -0.3 is 4.74 Å². The van der Waals surface area contributed by atoms with Crippen LogP contribution in [0.2, 0.25) is 0 Å². The van der Waals surface area contributed by atoms with E-state index in [4.69, 9.17) is 0 Å². The molecule has 0 atom stereocenters. The Morgan fingerprint density at radius 1 is 1.69 bits per heavy atom. The van der Waals surface area contributed by atoms with Gasteiger partial charge in [-0.05, 0) is 6.92 Å². The molecule has 13 heavy (non-hydrogen) atoms. The standard InChI is InChI=1S/C8H12N2O3/c1-6-5-7(11)10(9-6)4-3-8(12)13-2/h3-5H2,1-2H3. The maximum atomic E-state index is 11.1. The number of hydrogen-bond acceptors (Lipinski definition) is 4. The predicted molar refractivity (Wildman–Crippen MR) is 46.1 cm³/mol. The summed E-state index contributed by atoms with van der Waals surface area (Å²) in [6.07, 6.45) is 0.556. The number of hydrazone groups is 1. The smallest absolute Gasteiger partial charge is 0.307 e. The first kappa shape index (κ1) is 9.70. The summed E-state index contributed by atoms with van der Waals surface area (Å²) in [4.78, 5) is 21.9. The minimum absolute atomic E-state index is 0.0543. The Bertz CT molecular complexity index is 260. The summed E-state index contributed by atoms with van der Waals surface area (Å²) in [7, 11) is 1.32.